The lowest BCUT2D eigenvalue weighted by Gasteiger charge is -2.39. The first-order valence-electron chi connectivity index (χ1n) is 8.23. The van der Waals surface area contributed by atoms with Crippen molar-refractivity contribution in [3.8, 4) is 0 Å². The third-order valence-corrected chi connectivity index (χ3v) is 4.66. The zero-order valence-corrected chi connectivity index (χ0v) is 14.3. The van der Waals surface area contributed by atoms with Gasteiger partial charge in [-0.2, -0.15) is 0 Å². The number of morpholine rings is 1. The van der Waals surface area contributed by atoms with E-state index >= 15 is 0 Å². The number of nitrogens with one attached hydrogen (secondary N) is 2. The first-order chi connectivity index (χ1) is 9.85. The Morgan fingerprint density at radius 2 is 1.95 bits per heavy atom. The van der Waals surface area contributed by atoms with Crippen LogP contribution in [0.5, 0.6) is 0 Å². The van der Waals surface area contributed by atoms with E-state index in [-0.39, 0.29) is 5.54 Å². The molecule has 0 spiro atoms. The Hall–Kier alpha value is -0.810. The normalized spacial score (nSPS) is 26.5. The molecule has 2 rings (SSSR count). The van der Waals surface area contributed by atoms with Crippen molar-refractivity contribution in [2.24, 2.45) is 10.4 Å². The number of ether oxygens (including phenoxy) is 1. The lowest BCUT2D eigenvalue weighted by Crippen LogP contribution is -2.52. The average Bonchev–Trinajstić information content (AvgIpc) is 3.04. The topological polar surface area (TPSA) is 48.9 Å². The van der Waals surface area contributed by atoms with E-state index in [1.165, 1.54) is 6.42 Å². The molecule has 1 saturated carbocycles. The number of rotatable bonds is 5. The molecule has 1 unspecified atom stereocenters. The molecule has 0 bridgehead atoms. The number of hydrogen-bond acceptors (Lipinski definition) is 3. The maximum atomic E-state index is 5.44. The Bertz CT molecular complexity index is 372. The van der Waals surface area contributed by atoms with Crippen LogP contribution < -0.4 is 10.6 Å². The van der Waals surface area contributed by atoms with E-state index in [9.17, 15) is 0 Å². The third kappa shape index (κ3) is 4.58. The summed E-state index contributed by atoms with van der Waals surface area (Å²) in [6.07, 6.45) is 1.23. The zero-order chi connectivity index (χ0) is 15.5. The lowest BCUT2D eigenvalue weighted by molar-refractivity contribution is -0.00684. The monoisotopic (exact) mass is 296 g/mol. The van der Waals surface area contributed by atoms with Crippen molar-refractivity contribution in [1.29, 1.82) is 0 Å². The van der Waals surface area contributed by atoms with E-state index in [1.807, 2.05) is 0 Å². The first kappa shape index (κ1) is 16.6. The minimum Gasteiger partial charge on any atom is -0.379 e. The molecule has 1 aliphatic carbocycles. The van der Waals surface area contributed by atoms with E-state index in [4.69, 9.17) is 9.73 Å². The van der Waals surface area contributed by atoms with Crippen LogP contribution in [0.2, 0.25) is 0 Å². The van der Waals surface area contributed by atoms with Crippen LogP contribution in [0.15, 0.2) is 4.99 Å². The summed E-state index contributed by atoms with van der Waals surface area (Å²) in [5.41, 5.74) is 0.487. The van der Waals surface area contributed by atoms with Gasteiger partial charge in [0.2, 0.25) is 0 Å². The molecule has 1 saturated heterocycles. The van der Waals surface area contributed by atoms with Crippen molar-refractivity contribution < 1.29 is 4.74 Å². The molecule has 0 aromatic heterocycles. The van der Waals surface area contributed by atoms with Gasteiger partial charge in [-0.1, -0.05) is 13.8 Å². The lowest BCUT2D eigenvalue weighted by atomic mass is 10.0. The van der Waals surface area contributed by atoms with Crippen LogP contribution in [-0.2, 0) is 4.74 Å². The van der Waals surface area contributed by atoms with E-state index in [0.29, 0.717) is 11.5 Å². The number of hydrogen-bond donors (Lipinski definition) is 2. The highest BCUT2D eigenvalue weighted by Gasteiger charge is 2.46. The molecule has 0 aromatic carbocycles. The van der Waals surface area contributed by atoms with Gasteiger partial charge in [0, 0.05) is 31.2 Å². The van der Waals surface area contributed by atoms with Crippen LogP contribution in [0, 0.1) is 5.41 Å². The molecule has 0 aromatic rings. The van der Waals surface area contributed by atoms with Crippen LogP contribution in [0.25, 0.3) is 0 Å². The smallest absolute Gasteiger partial charge is 0.191 e. The second-order valence-corrected chi connectivity index (χ2v) is 7.50. The van der Waals surface area contributed by atoms with Crippen LogP contribution in [0.3, 0.4) is 0 Å². The van der Waals surface area contributed by atoms with Crippen LogP contribution >= 0.6 is 0 Å². The summed E-state index contributed by atoms with van der Waals surface area (Å²) in [6.45, 7) is 16.6. The summed E-state index contributed by atoms with van der Waals surface area (Å²) in [7, 11) is 0. The van der Waals surface area contributed by atoms with Gasteiger partial charge < -0.3 is 15.4 Å². The van der Waals surface area contributed by atoms with Gasteiger partial charge in [-0.15, -0.1) is 0 Å². The minimum absolute atomic E-state index is 0.0746. The van der Waals surface area contributed by atoms with Gasteiger partial charge in [-0.3, -0.25) is 9.89 Å². The quantitative estimate of drug-likeness (QED) is 0.595. The third-order valence-electron chi connectivity index (χ3n) is 4.66. The maximum absolute atomic E-state index is 5.44. The summed E-state index contributed by atoms with van der Waals surface area (Å²) in [5.74, 6) is 0.953. The van der Waals surface area contributed by atoms with E-state index in [1.54, 1.807) is 0 Å². The predicted molar refractivity (Wildman–Crippen MR) is 87.8 cm³/mol. The van der Waals surface area contributed by atoms with E-state index < -0.39 is 0 Å². The highest BCUT2D eigenvalue weighted by Crippen LogP contribution is 2.44. The van der Waals surface area contributed by atoms with Gasteiger partial charge in [0.05, 0.1) is 19.8 Å². The molecule has 21 heavy (non-hydrogen) atoms. The molecular formula is C16H32N4O. The molecule has 122 valence electrons. The summed E-state index contributed by atoms with van der Waals surface area (Å²) >= 11 is 0. The second kappa shape index (κ2) is 6.53. The van der Waals surface area contributed by atoms with Gasteiger partial charge in [0.1, 0.15) is 0 Å². The fraction of sp³-hybridized carbons (Fsp3) is 0.938. The Kier molecular flexibility index (Phi) is 5.15. The molecule has 1 atom stereocenters. The van der Waals surface area contributed by atoms with Crippen molar-refractivity contribution in [2.75, 3.05) is 39.4 Å². The molecular weight excluding hydrogens is 264 g/mol. The Labute approximate surface area is 129 Å². The zero-order valence-electron chi connectivity index (χ0n) is 14.3. The fourth-order valence-electron chi connectivity index (χ4n) is 2.74. The highest BCUT2D eigenvalue weighted by atomic mass is 16.5. The Morgan fingerprint density at radius 1 is 1.33 bits per heavy atom. The van der Waals surface area contributed by atoms with Gasteiger partial charge >= 0.3 is 0 Å². The summed E-state index contributed by atoms with van der Waals surface area (Å²) in [6, 6.07) is 0.557. The molecule has 1 heterocycles. The number of nitrogens with zero attached hydrogens (tertiary/aromatic N) is 2. The van der Waals surface area contributed by atoms with Crippen molar-refractivity contribution in [3.05, 3.63) is 0 Å². The highest BCUT2D eigenvalue weighted by molar-refractivity contribution is 5.80. The molecule has 2 N–H and O–H groups in total. The van der Waals surface area contributed by atoms with Crippen LogP contribution in [0.4, 0.5) is 0 Å². The summed E-state index contributed by atoms with van der Waals surface area (Å²) in [5, 5.41) is 6.92. The minimum atomic E-state index is 0.0746. The van der Waals surface area contributed by atoms with E-state index in [0.717, 1.165) is 45.4 Å². The van der Waals surface area contributed by atoms with Crippen molar-refractivity contribution >= 4 is 5.96 Å². The average molecular weight is 296 g/mol. The van der Waals surface area contributed by atoms with E-state index in [2.05, 4.69) is 50.2 Å². The van der Waals surface area contributed by atoms with Crippen molar-refractivity contribution in [2.45, 2.75) is 52.6 Å². The largest absolute Gasteiger partial charge is 0.379 e. The molecule has 5 nitrogen and oxygen atoms in total. The Morgan fingerprint density at radius 3 is 2.48 bits per heavy atom. The molecule has 2 aliphatic rings. The van der Waals surface area contributed by atoms with Crippen LogP contribution in [0.1, 0.15) is 41.0 Å². The SMILES string of the molecule is CCNC(=NCC(C)(C)N1CCOCC1)NC1CC1(C)C. The second-order valence-electron chi connectivity index (χ2n) is 7.50. The molecule has 0 amide bonds. The maximum Gasteiger partial charge on any atom is 0.191 e. The summed E-state index contributed by atoms with van der Waals surface area (Å²) < 4.78 is 5.44. The van der Waals surface area contributed by atoms with Crippen LogP contribution in [-0.4, -0.2) is 61.8 Å². The van der Waals surface area contributed by atoms with Gasteiger partial charge in [-0.05, 0) is 32.6 Å². The standard InChI is InChI=1S/C16H32N4O/c1-6-17-14(19-13-11-15(13,2)3)18-12-16(4,5)20-7-9-21-10-8-20/h13H,6-12H2,1-5H3,(H2,17,18,19). The number of aliphatic imine (C=N–C) groups is 1. The fourth-order valence-corrected chi connectivity index (χ4v) is 2.74. The molecule has 5 heteroatoms. The first-order valence-corrected chi connectivity index (χ1v) is 8.23. The predicted octanol–water partition coefficient (Wildman–Crippen LogP) is 1.45. The van der Waals surface area contributed by atoms with Gasteiger partial charge in [0.25, 0.3) is 0 Å². The van der Waals surface area contributed by atoms with Gasteiger partial charge in [0.15, 0.2) is 5.96 Å². The summed E-state index contributed by atoms with van der Waals surface area (Å²) in [4.78, 5) is 7.29. The molecule has 1 aliphatic heterocycles. The van der Waals surface area contributed by atoms with Crippen molar-refractivity contribution in [1.82, 2.24) is 15.5 Å². The van der Waals surface area contributed by atoms with Crippen molar-refractivity contribution in [3.63, 3.8) is 0 Å². The molecule has 2 fully saturated rings. The van der Waals surface area contributed by atoms with Gasteiger partial charge in [-0.25, -0.2) is 0 Å². The molecule has 0 radical (unpaired) electrons. The Balaban J connectivity index is 1.91. The number of guanidine groups is 1.